The van der Waals surface area contributed by atoms with E-state index >= 15 is 0 Å². The summed E-state index contributed by atoms with van der Waals surface area (Å²) in [4.78, 5) is 0. The second-order valence-electron chi connectivity index (χ2n) is 5.25. The van der Waals surface area contributed by atoms with Crippen molar-refractivity contribution >= 4 is 0 Å². The lowest BCUT2D eigenvalue weighted by Crippen LogP contribution is -2.44. The van der Waals surface area contributed by atoms with Gasteiger partial charge in [0, 0.05) is 18.5 Å². The van der Waals surface area contributed by atoms with Gasteiger partial charge in [-0.1, -0.05) is 54.6 Å². The van der Waals surface area contributed by atoms with E-state index in [0.29, 0.717) is 5.92 Å². The van der Waals surface area contributed by atoms with Crippen molar-refractivity contribution in [3.8, 4) is 11.1 Å². The molecule has 1 saturated heterocycles. The van der Waals surface area contributed by atoms with Crippen molar-refractivity contribution in [2.45, 2.75) is 18.4 Å². The Morgan fingerprint density at radius 3 is 2.26 bits per heavy atom. The van der Waals surface area contributed by atoms with Crippen LogP contribution in [0.3, 0.4) is 0 Å². The molecule has 0 bridgehead atoms. The molecule has 1 fully saturated rings. The predicted octanol–water partition coefficient (Wildman–Crippen LogP) is 2.76. The molecule has 0 saturated carbocycles. The van der Waals surface area contributed by atoms with Gasteiger partial charge in [0.1, 0.15) is 0 Å². The van der Waals surface area contributed by atoms with Gasteiger partial charge in [0.2, 0.25) is 0 Å². The van der Waals surface area contributed by atoms with E-state index in [0.717, 1.165) is 19.5 Å². The largest absolute Gasteiger partial charge is 0.326 e. The summed E-state index contributed by atoms with van der Waals surface area (Å²) in [6.07, 6.45) is 1.13. The SMILES string of the molecule is N[C@@H]1CNCC[C@H]1c1ccc(-c2ccccc2)cc1. The topological polar surface area (TPSA) is 38.0 Å². The molecule has 0 aromatic heterocycles. The van der Waals surface area contributed by atoms with Gasteiger partial charge in [-0.05, 0) is 29.7 Å². The molecule has 2 heteroatoms. The normalized spacial score (nSPS) is 23.2. The first-order chi connectivity index (χ1) is 9.34. The lowest BCUT2D eigenvalue weighted by atomic mass is 9.86. The summed E-state index contributed by atoms with van der Waals surface area (Å²) < 4.78 is 0. The van der Waals surface area contributed by atoms with Gasteiger partial charge in [0.25, 0.3) is 0 Å². The lowest BCUT2D eigenvalue weighted by Gasteiger charge is -2.29. The summed E-state index contributed by atoms with van der Waals surface area (Å²) in [5, 5.41) is 3.35. The zero-order chi connectivity index (χ0) is 13.1. The highest BCUT2D eigenvalue weighted by molar-refractivity contribution is 5.63. The molecule has 19 heavy (non-hydrogen) atoms. The van der Waals surface area contributed by atoms with Crippen LogP contribution in [0.15, 0.2) is 54.6 Å². The molecule has 98 valence electrons. The average molecular weight is 252 g/mol. The van der Waals surface area contributed by atoms with Crippen LogP contribution in [0, 0.1) is 0 Å². The van der Waals surface area contributed by atoms with Crippen LogP contribution in [0.2, 0.25) is 0 Å². The van der Waals surface area contributed by atoms with Gasteiger partial charge < -0.3 is 11.1 Å². The number of rotatable bonds is 2. The van der Waals surface area contributed by atoms with Gasteiger partial charge >= 0.3 is 0 Å². The molecule has 1 aliphatic heterocycles. The summed E-state index contributed by atoms with van der Waals surface area (Å²) in [7, 11) is 0. The van der Waals surface area contributed by atoms with Gasteiger partial charge in [-0.15, -0.1) is 0 Å². The van der Waals surface area contributed by atoms with E-state index in [2.05, 4.69) is 53.8 Å². The van der Waals surface area contributed by atoms with Crippen LogP contribution in [0.25, 0.3) is 11.1 Å². The third kappa shape index (κ3) is 2.70. The fraction of sp³-hybridized carbons (Fsp3) is 0.294. The first-order valence-electron chi connectivity index (χ1n) is 6.96. The molecule has 2 atom stereocenters. The van der Waals surface area contributed by atoms with Crippen LogP contribution in [-0.4, -0.2) is 19.1 Å². The maximum Gasteiger partial charge on any atom is 0.0235 e. The Morgan fingerprint density at radius 1 is 0.895 bits per heavy atom. The van der Waals surface area contributed by atoms with Crippen molar-refractivity contribution < 1.29 is 0 Å². The Hall–Kier alpha value is -1.64. The number of nitrogens with one attached hydrogen (secondary N) is 1. The molecule has 3 N–H and O–H groups in total. The minimum absolute atomic E-state index is 0.233. The Bertz CT molecular complexity index is 519. The number of piperidine rings is 1. The molecule has 0 aliphatic carbocycles. The third-order valence-electron chi connectivity index (χ3n) is 3.97. The first kappa shape index (κ1) is 12.4. The van der Waals surface area contributed by atoms with E-state index in [1.165, 1.54) is 16.7 Å². The summed E-state index contributed by atoms with van der Waals surface area (Å²) in [5.74, 6) is 0.492. The number of benzene rings is 2. The second-order valence-corrected chi connectivity index (χ2v) is 5.25. The highest BCUT2D eigenvalue weighted by Crippen LogP contribution is 2.27. The van der Waals surface area contributed by atoms with E-state index in [9.17, 15) is 0 Å². The lowest BCUT2D eigenvalue weighted by molar-refractivity contribution is 0.403. The van der Waals surface area contributed by atoms with Gasteiger partial charge in [-0.2, -0.15) is 0 Å². The highest BCUT2D eigenvalue weighted by Gasteiger charge is 2.22. The predicted molar refractivity (Wildman–Crippen MR) is 80.1 cm³/mol. The summed E-state index contributed by atoms with van der Waals surface area (Å²) >= 11 is 0. The van der Waals surface area contributed by atoms with Gasteiger partial charge in [0.15, 0.2) is 0 Å². The fourth-order valence-corrected chi connectivity index (χ4v) is 2.85. The Morgan fingerprint density at radius 2 is 1.58 bits per heavy atom. The van der Waals surface area contributed by atoms with Crippen LogP contribution in [0.5, 0.6) is 0 Å². The molecule has 3 rings (SSSR count). The second kappa shape index (κ2) is 5.55. The zero-order valence-corrected chi connectivity index (χ0v) is 11.0. The summed E-state index contributed by atoms with van der Waals surface area (Å²) in [6, 6.07) is 19.6. The van der Waals surface area contributed by atoms with Crippen molar-refractivity contribution in [1.82, 2.24) is 5.32 Å². The number of hydrogen-bond donors (Lipinski definition) is 2. The van der Waals surface area contributed by atoms with E-state index < -0.39 is 0 Å². The summed E-state index contributed by atoms with van der Waals surface area (Å²) in [6.45, 7) is 1.99. The van der Waals surface area contributed by atoms with E-state index in [1.807, 2.05) is 6.07 Å². The Labute approximate surface area is 114 Å². The van der Waals surface area contributed by atoms with Gasteiger partial charge in [-0.25, -0.2) is 0 Å². The molecule has 2 aromatic carbocycles. The van der Waals surface area contributed by atoms with Crippen molar-refractivity contribution in [3.05, 3.63) is 60.2 Å². The van der Waals surface area contributed by atoms with Crippen molar-refractivity contribution in [2.75, 3.05) is 13.1 Å². The molecular weight excluding hydrogens is 232 g/mol. The van der Waals surface area contributed by atoms with Crippen LogP contribution < -0.4 is 11.1 Å². The number of hydrogen-bond acceptors (Lipinski definition) is 2. The van der Waals surface area contributed by atoms with Crippen molar-refractivity contribution in [1.29, 1.82) is 0 Å². The van der Waals surface area contributed by atoms with E-state index in [1.54, 1.807) is 0 Å². The minimum atomic E-state index is 0.233. The smallest absolute Gasteiger partial charge is 0.0235 e. The molecular formula is C17H20N2. The molecule has 0 unspecified atom stereocenters. The average Bonchev–Trinajstić information content (AvgIpc) is 2.49. The maximum absolute atomic E-state index is 6.20. The molecule has 1 heterocycles. The van der Waals surface area contributed by atoms with Gasteiger partial charge in [0.05, 0.1) is 0 Å². The zero-order valence-electron chi connectivity index (χ0n) is 11.0. The van der Waals surface area contributed by atoms with E-state index in [4.69, 9.17) is 5.73 Å². The number of nitrogens with two attached hydrogens (primary N) is 1. The quantitative estimate of drug-likeness (QED) is 0.862. The van der Waals surface area contributed by atoms with Gasteiger partial charge in [-0.3, -0.25) is 0 Å². The summed E-state index contributed by atoms with van der Waals surface area (Å²) in [5.41, 5.74) is 10.1. The van der Waals surface area contributed by atoms with Crippen molar-refractivity contribution in [3.63, 3.8) is 0 Å². The molecule has 0 radical (unpaired) electrons. The monoisotopic (exact) mass is 252 g/mol. The Kier molecular flexibility index (Phi) is 3.62. The molecule has 0 spiro atoms. The van der Waals surface area contributed by atoms with Crippen LogP contribution in [0.1, 0.15) is 17.9 Å². The minimum Gasteiger partial charge on any atom is -0.326 e. The molecule has 2 aromatic rings. The molecule has 1 aliphatic rings. The fourth-order valence-electron chi connectivity index (χ4n) is 2.85. The highest BCUT2D eigenvalue weighted by atomic mass is 14.9. The maximum atomic E-state index is 6.20. The third-order valence-corrected chi connectivity index (χ3v) is 3.97. The Balaban J connectivity index is 1.83. The van der Waals surface area contributed by atoms with Crippen LogP contribution >= 0.6 is 0 Å². The van der Waals surface area contributed by atoms with E-state index in [-0.39, 0.29) is 6.04 Å². The molecule has 0 amide bonds. The standard InChI is InChI=1S/C17H20N2/c18-17-12-19-11-10-16(17)15-8-6-14(7-9-15)13-4-2-1-3-5-13/h1-9,16-17,19H,10-12,18H2/t16-,17+/m0/s1. The van der Waals surface area contributed by atoms with Crippen LogP contribution in [0.4, 0.5) is 0 Å². The first-order valence-corrected chi connectivity index (χ1v) is 6.96. The van der Waals surface area contributed by atoms with Crippen LogP contribution in [-0.2, 0) is 0 Å². The van der Waals surface area contributed by atoms with Crippen molar-refractivity contribution in [2.24, 2.45) is 5.73 Å². The molecule has 2 nitrogen and oxygen atoms in total.